The molecule has 14 nitrogen and oxygen atoms in total. The predicted octanol–water partition coefficient (Wildman–Crippen LogP) is -2.74. The molecule has 0 radical (unpaired) electrons. The zero-order valence-corrected chi connectivity index (χ0v) is 19.0. The average molecular weight is 494 g/mol. The van der Waals surface area contributed by atoms with Gasteiger partial charge in [0, 0.05) is 13.0 Å². The highest BCUT2D eigenvalue weighted by Gasteiger charge is 2.29. The standard InChI is InChI=1S/C21H31N7O7/c22-13(7-4-8-25-21(23)24)18(33)27-14(9-12-5-2-1-3-6-12)20(35)28-15(10-16(29)30)19(34)26-11-17(31)32/h1-3,5-6,13-15H,4,7-11,22H2,(H,26,34)(H,27,33)(H,28,35)(H,29,30)(H,31,32)(H4,23,24,25). The van der Waals surface area contributed by atoms with Crippen LogP contribution < -0.4 is 33.2 Å². The number of rotatable bonds is 15. The second-order valence-corrected chi connectivity index (χ2v) is 7.58. The first-order valence-electron chi connectivity index (χ1n) is 10.7. The van der Waals surface area contributed by atoms with Crippen molar-refractivity contribution in [2.45, 2.75) is 43.8 Å². The van der Waals surface area contributed by atoms with Crippen molar-refractivity contribution in [3.63, 3.8) is 0 Å². The van der Waals surface area contributed by atoms with Crippen LogP contribution in [0.1, 0.15) is 24.8 Å². The number of nitrogens with one attached hydrogen (secondary N) is 3. The summed E-state index contributed by atoms with van der Waals surface area (Å²) in [6, 6.07) is 4.91. The van der Waals surface area contributed by atoms with Crippen LogP contribution in [-0.4, -0.2) is 77.0 Å². The molecule has 0 aliphatic carbocycles. The third-order valence-electron chi connectivity index (χ3n) is 4.65. The van der Waals surface area contributed by atoms with E-state index < -0.39 is 60.8 Å². The molecule has 3 amide bonds. The summed E-state index contributed by atoms with van der Waals surface area (Å²) in [5.41, 5.74) is 17.1. The van der Waals surface area contributed by atoms with Gasteiger partial charge in [-0.1, -0.05) is 30.3 Å². The smallest absolute Gasteiger partial charge is 0.322 e. The Morgan fingerprint density at radius 2 is 1.51 bits per heavy atom. The molecule has 35 heavy (non-hydrogen) atoms. The number of nitrogens with zero attached hydrogens (tertiary/aromatic N) is 1. The van der Waals surface area contributed by atoms with Gasteiger partial charge in [-0.25, -0.2) is 0 Å². The van der Waals surface area contributed by atoms with Gasteiger partial charge in [0.1, 0.15) is 18.6 Å². The molecule has 0 aliphatic heterocycles. The second-order valence-electron chi connectivity index (χ2n) is 7.58. The van der Waals surface area contributed by atoms with Crippen LogP contribution in [0, 0.1) is 0 Å². The highest BCUT2D eigenvalue weighted by atomic mass is 16.4. The Balaban J connectivity index is 2.95. The van der Waals surface area contributed by atoms with E-state index in [1.165, 1.54) is 0 Å². The van der Waals surface area contributed by atoms with E-state index in [-0.39, 0.29) is 25.3 Å². The molecule has 1 rings (SSSR count). The van der Waals surface area contributed by atoms with E-state index in [0.717, 1.165) is 0 Å². The number of benzene rings is 1. The van der Waals surface area contributed by atoms with Crippen LogP contribution in [-0.2, 0) is 30.4 Å². The third-order valence-corrected chi connectivity index (χ3v) is 4.65. The van der Waals surface area contributed by atoms with Crippen LogP contribution in [0.15, 0.2) is 35.3 Å². The van der Waals surface area contributed by atoms with Gasteiger partial charge in [-0.2, -0.15) is 0 Å². The maximum Gasteiger partial charge on any atom is 0.322 e. The Bertz CT molecular complexity index is 920. The summed E-state index contributed by atoms with van der Waals surface area (Å²) in [7, 11) is 0. The molecule has 1 aromatic carbocycles. The van der Waals surface area contributed by atoms with Gasteiger partial charge in [0.2, 0.25) is 17.7 Å². The van der Waals surface area contributed by atoms with E-state index in [4.69, 9.17) is 27.4 Å². The number of guanidine groups is 1. The first kappa shape index (κ1) is 28.8. The minimum atomic E-state index is -1.57. The van der Waals surface area contributed by atoms with Gasteiger partial charge in [0.05, 0.1) is 12.5 Å². The van der Waals surface area contributed by atoms with E-state index in [1.54, 1.807) is 30.3 Å². The van der Waals surface area contributed by atoms with Gasteiger partial charge in [-0.3, -0.25) is 29.0 Å². The molecule has 0 saturated heterocycles. The number of aliphatic imine (C=N–C) groups is 1. The van der Waals surface area contributed by atoms with Crippen molar-refractivity contribution in [2.75, 3.05) is 13.1 Å². The number of carbonyl (C=O) groups is 5. The molecule has 0 aliphatic rings. The number of aliphatic carboxylic acids is 2. The number of carboxylic acid groups (broad SMARTS) is 2. The largest absolute Gasteiger partial charge is 0.481 e. The predicted molar refractivity (Wildman–Crippen MR) is 125 cm³/mol. The van der Waals surface area contributed by atoms with Crippen LogP contribution in [0.4, 0.5) is 0 Å². The SMILES string of the molecule is NC(N)=NCCCC(N)C(=O)NC(Cc1ccccc1)C(=O)NC(CC(=O)O)C(=O)NCC(=O)O. The lowest BCUT2D eigenvalue weighted by Gasteiger charge is -2.23. The molecule has 3 unspecified atom stereocenters. The zero-order valence-electron chi connectivity index (χ0n) is 19.0. The number of hydrogen-bond donors (Lipinski definition) is 8. The first-order chi connectivity index (χ1) is 16.5. The zero-order chi connectivity index (χ0) is 26.4. The molecule has 0 spiro atoms. The molecular formula is C21H31N7O7. The minimum Gasteiger partial charge on any atom is -0.481 e. The van der Waals surface area contributed by atoms with Gasteiger partial charge >= 0.3 is 11.9 Å². The summed E-state index contributed by atoms with van der Waals surface area (Å²) >= 11 is 0. The van der Waals surface area contributed by atoms with E-state index in [2.05, 4.69) is 15.6 Å². The van der Waals surface area contributed by atoms with Gasteiger partial charge in [0.15, 0.2) is 5.96 Å². The van der Waals surface area contributed by atoms with Crippen LogP contribution in [0.25, 0.3) is 0 Å². The molecule has 192 valence electrons. The van der Waals surface area contributed by atoms with Crippen molar-refractivity contribution in [1.82, 2.24) is 16.0 Å². The Kier molecular flexibility index (Phi) is 12.2. The Hall–Kier alpha value is -4.20. The van der Waals surface area contributed by atoms with Crippen molar-refractivity contribution >= 4 is 35.6 Å². The summed E-state index contributed by atoms with van der Waals surface area (Å²) in [5.74, 6) is -5.31. The fourth-order valence-corrected chi connectivity index (χ4v) is 2.93. The van der Waals surface area contributed by atoms with Crippen molar-refractivity contribution in [2.24, 2.45) is 22.2 Å². The maximum atomic E-state index is 13.0. The molecule has 0 aromatic heterocycles. The molecule has 0 fully saturated rings. The summed E-state index contributed by atoms with van der Waals surface area (Å²) in [6.45, 7) is -0.497. The van der Waals surface area contributed by atoms with Crippen molar-refractivity contribution in [1.29, 1.82) is 0 Å². The highest BCUT2D eigenvalue weighted by Crippen LogP contribution is 2.06. The van der Waals surface area contributed by atoms with Crippen molar-refractivity contribution < 1.29 is 34.2 Å². The molecular weight excluding hydrogens is 462 g/mol. The number of carbonyl (C=O) groups excluding carboxylic acids is 3. The van der Waals surface area contributed by atoms with Crippen LogP contribution >= 0.6 is 0 Å². The highest BCUT2D eigenvalue weighted by molar-refractivity contribution is 5.95. The van der Waals surface area contributed by atoms with Crippen LogP contribution in [0.3, 0.4) is 0 Å². The summed E-state index contributed by atoms with van der Waals surface area (Å²) in [4.78, 5) is 63.5. The fourth-order valence-electron chi connectivity index (χ4n) is 2.93. The first-order valence-corrected chi connectivity index (χ1v) is 10.7. The van der Waals surface area contributed by atoms with Gasteiger partial charge in [0.25, 0.3) is 0 Å². The number of hydrogen-bond acceptors (Lipinski definition) is 7. The third kappa shape index (κ3) is 12.0. The van der Waals surface area contributed by atoms with Gasteiger partial charge in [-0.05, 0) is 18.4 Å². The number of carboxylic acids is 2. The minimum absolute atomic E-state index is 0.0235. The molecule has 11 N–H and O–H groups in total. The van der Waals surface area contributed by atoms with Crippen LogP contribution in [0.5, 0.6) is 0 Å². The molecule has 3 atom stereocenters. The monoisotopic (exact) mass is 493 g/mol. The van der Waals surface area contributed by atoms with Crippen molar-refractivity contribution in [3.8, 4) is 0 Å². The second kappa shape index (κ2) is 14.8. The van der Waals surface area contributed by atoms with Gasteiger partial charge in [-0.15, -0.1) is 0 Å². The Morgan fingerprint density at radius 1 is 0.886 bits per heavy atom. The van der Waals surface area contributed by atoms with Crippen LogP contribution in [0.2, 0.25) is 0 Å². The fraction of sp³-hybridized carbons (Fsp3) is 0.429. The Labute approximate surface area is 201 Å². The topological polar surface area (TPSA) is 252 Å². The average Bonchev–Trinajstić information content (AvgIpc) is 2.79. The lowest BCUT2D eigenvalue weighted by molar-refractivity contribution is -0.141. The molecule has 0 bridgehead atoms. The normalized spacial score (nSPS) is 12.9. The van der Waals surface area contributed by atoms with Gasteiger partial charge < -0.3 is 43.4 Å². The number of amides is 3. The van der Waals surface area contributed by atoms with E-state index in [9.17, 15) is 24.0 Å². The summed E-state index contributed by atoms with van der Waals surface area (Å²) in [6.07, 6.45) is -0.142. The molecule has 1 aromatic rings. The lowest BCUT2D eigenvalue weighted by Crippen LogP contribution is -2.57. The molecule has 14 heteroatoms. The maximum absolute atomic E-state index is 13.0. The molecule has 0 heterocycles. The van der Waals surface area contributed by atoms with Crippen molar-refractivity contribution in [3.05, 3.63) is 35.9 Å². The van der Waals surface area contributed by atoms with E-state index in [1.807, 2.05) is 5.32 Å². The lowest BCUT2D eigenvalue weighted by atomic mass is 10.0. The van der Waals surface area contributed by atoms with E-state index >= 15 is 0 Å². The van der Waals surface area contributed by atoms with E-state index in [0.29, 0.717) is 12.0 Å². The Morgan fingerprint density at radius 3 is 2.09 bits per heavy atom. The molecule has 0 saturated carbocycles. The quantitative estimate of drug-likeness (QED) is 0.0710. The number of nitrogens with two attached hydrogens (primary N) is 3. The summed E-state index contributed by atoms with van der Waals surface area (Å²) in [5, 5.41) is 24.6. The summed E-state index contributed by atoms with van der Waals surface area (Å²) < 4.78 is 0.